The van der Waals surface area contributed by atoms with Crippen molar-refractivity contribution in [2.45, 2.75) is 136 Å². The van der Waals surface area contributed by atoms with E-state index < -0.39 is 6.10 Å². The summed E-state index contributed by atoms with van der Waals surface area (Å²) in [6.45, 7) is 7.19. The summed E-state index contributed by atoms with van der Waals surface area (Å²) in [6, 6.07) is 15.7. The van der Waals surface area contributed by atoms with E-state index in [2.05, 4.69) is 19.2 Å². The first-order valence-corrected chi connectivity index (χ1v) is 15.9. The Balaban J connectivity index is 1.76. The zero-order chi connectivity index (χ0) is 28.0. The summed E-state index contributed by atoms with van der Waals surface area (Å²) in [7, 11) is 0. The van der Waals surface area contributed by atoms with Gasteiger partial charge in [-0.1, -0.05) is 134 Å². The number of aryl methyl sites for hydroxylation is 1. The fourth-order valence-electron chi connectivity index (χ4n) is 4.80. The van der Waals surface area contributed by atoms with E-state index >= 15 is 0 Å². The lowest BCUT2D eigenvalue weighted by Gasteiger charge is -2.21. The number of unbranched alkanes of at least 4 members (excludes halogenated alkanes) is 14. The first-order valence-electron chi connectivity index (χ1n) is 15.9. The molecule has 0 heterocycles. The van der Waals surface area contributed by atoms with Crippen molar-refractivity contribution in [1.82, 2.24) is 0 Å². The Kier molecular flexibility index (Phi) is 17.9. The van der Waals surface area contributed by atoms with Gasteiger partial charge in [0.25, 0.3) is 5.91 Å². The number of nitrogens with one attached hydrogen (secondary N) is 1. The van der Waals surface area contributed by atoms with Crippen LogP contribution in [0.1, 0.15) is 129 Å². The number of benzene rings is 2. The molecule has 2 aromatic carbocycles. The third kappa shape index (κ3) is 15.0. The number of amides is 1. The Labute approximate surface area is 239 Å². The molecule has 1 unspecified atom stereocenters. The minimum Gasteiger partial charge on any atom is -0.490 e. The monoisotopic (exact) mass is 537 g/mol. The second-order valence-electron chi connectivity index (χ2n) is 11.0. The van der Waals surface area contributed by atoms with Crippen LogP contribution in [-0.2, 0) is 4.79 Å². The molecule has 1 N–H and O–H groups in total. The summed E-state index contributed by atoms with van der Waals surface area (Å²) < 4.78 is 12.4. The fourth-order valence-corrected chi connectivity index (χ4v) is 4.80. The molecule has 0 bridgehead atoms. The van der Waals surface area contributed by atoms with Crippen LogP contribution in [0.4, 0.5) is 5.69 Å². The van der Waals surface area contributed by atoms with Crippen molar-refractivity contribution >= 4 is 11.6 Å². The quantitative estimate of drug-likeness (QED) is 0.143. The average molecular weight is 538 g/mol. The van der Waals surface area contributed by atoms with Crippen LogP contribution in [0.15, 0.2) is 48.5 Å². The second kappa shape index (κ2) is 21.3. The zero-order valence-corrected chi connectivity index (χ0v) is 25.1. The normalized spacial score (nSPS) is 11.8. The minimum absolute atomic E-state index is 0.105. The van der Waals surface area contributed by atoms with Crippen LogP contribution in [0.2, 0.25) is 0 Å². The third-order valence-electron chi connectivity index (χ3n) is 7.31. The Hall–Kier alpha value is -2.49. The van der Waals surface area contributed by atoms with Gasteiger partial charge in [-0.25, -0.2) is 0 Å². The first-order chi connectivity index (χ1) is 19.1. The lowest BCUT2D eigenvalue weighted by molar-refractivity contribution is -0.123. The smallest absolute Gasteiger partial charge is 0.265 e. The van der Waals surface area contributed by atoms with Gasteiger partial charge in [0.15, 0.2) is 17.6 Å². The minimum atomic E-state index is -0.556. The number of rotatable bonds is 23. The highest BCUT2D eigenvalue weighted by Crippen LogP contribution is 2.29. The molecular formula is C35H55NO3. The molecule has 0 aliphatic heterocycles. The van der Waals surface area contributed by atoms with E-state index in [1.807, 2.05) is 55.5 Å². The summed E-state index contributed by atoms with van der Waals surface area (Å²) in [6.07, 6.45) is 20.4. The van der Waals surface area contributed by atoms with Crippen molar-refractivity contribution in [1.29, 1.82) is 0 Å². The Morgan fingerprint density at radius 3 is 1.77 bits per heavy atom. The van der Waals surface area contributed by atoms with E-state index in [1.54, 1.807) is 0 Å². The van der Waals surface area contributed by atoms with Crippen molar-refractivity contribution in [3.05, 3.63) is 54.1 Å². The number of anilines is 1. The molecule has 0 fully saturated rings. The third-order valence-corrected chi connectivity index (χ3v) is 7.31. The van der Waals surface area contributed by atoms with Gasteiger partial charge in [0.05, 0.1) is 6.61 Å². The maximum atomic E-state index is 13.2. The van der Waals surface area contributed by atoms with E-state index in [1.165, 1.54) is 82.6 Å². The van der Waals surface area contributed by atoms with E-state index in [-0.39, 0.29) is 5.91 Å². The van der Waals surface area contributed by atoms with Gasteiger partial charge in [-0.15, -0.1) is 0 Å². The molecule has 4 heteroatoms. The van der Waals surface area contributed by atoms with Gasteiger partial charge >= 0.3 is 0 Å². The van der Waals surface area contributed by atoms with Crippen LogP contribution in [0.25, 0.3) is 0 Å². The lowest BCUT2D eigenvalue weighted by Crippen LogP contribution is -2.33. The van der Waals surface area contributed by atoms with Crippen LogP contribution < -0.4 is 14.8 Å². The van der Waals surface area contributed by atoms with Crippen molar-refractivity contribution in [2.75, 3.05) is 11.9 Å². The molecule has 2 rings (SSSR count). The first kappa shape index (κ1) is 32.7. The number of hydrogen-bond donors (Lipinski definition) is 1. The molecule has 4 nitrogen and oxygen atoms in total. The molecule has 1 atom stereocenters. The summed E-state index contributed by atoms with van der Waals surface area (Å²) in [5.74, 6) is 1.27. The Morgan fingerprint density at radius 1 is 0.667 bits per heavy atom. The molecule has 0 aliphatic carbocycles. The summed E-state index contributed by atoms with van der Waals surface area (Å²) in [4.78, 5) is 13.2. The molecule has 0 aliphatic rings. The van der Waals surface area contributed by atoms with Crippen molar-refractivity contribution in [3.63, 3.8) is 0 Å². The average Bonchev–Trinajstić information content (AvgIpc) is 2.95. The number of para-hydroxylation sites is 2. The molecule has 0 saturated carbocycles. The van der Waals surface area contributed by atoms with Crippen molar-refractivity contribution in [3.8, 4) is 11.5 Å². The highest BCUT2D eigenvalue weighted by atomic mass is 16.5. The van der Waals surface area contributed by atoms with E-state index in [4.69, 9.17) is 9.47 Å². The van der Waals surface area contributed by atoms with Crippen LogP contribution >= 0.6 is 0 Å². The number of ether oxygens (including phenoxy) is 2. The Morgan fingerprint density at radius 2 is 1.18 bits per heavy atom. The Bertz CT molecular complexity index is 880. The van der Waals surface area contributed by atoms with Gasteiger partial charge in [-0.3, -0.25) is 4.79 Å². The molecular weight excluding hydrogens is 482 g/mol. The van der Waals surface area contributed by atoms with Crippen LogP contribution in [0.3, 0.4) is 0 Å². The maximum Gasteiger partial charge on any atom is 0.265 e. The SMILES string of the molecule is CCCCCCCCCCCCCCOc1ccccc1OC(CCCCCC)C(=O)Nc1ccc(C)cc1. The highest BCUT2D eigenvalue weighted by molar-refractivity contribution is 5.94. The van der Waals surface area contributed by atoms with Crippen LogP contribution in [0.5, 0.6) is 11.5 Å². The highest BCUT2D eigenvalue weighted by Gasteiger charge is 2.22. The lowest BCUT2D eigenvalue weighted by atomic mass is 10.1. The second-order valence-corrected chi connectivity index (χ2v) is 11.0. The van der Waals surface area contributed by atoms with Crippen molar-refractivity contribution in [2.24, 2.45) is 0 Å². The summed E-state index contributed by atoms with van der Waals surface area (Å²) >= 11 is 0. The predicted molar refractivity (Wildman–Crippen MR) is 166 cm³/mol. The van der Waals surface area contributed by atoms with Crippen LogP contribution in [0, 0.1) is 6.92 Å². The number of carbonyl (C=O) groups excluding carboxylic acids is 1. The van der Waals surface area contributed by atoms with E-state index in [9.17, 15) is 4.79 Å². The fraction of sp³-hybridized carbons (Fsp3) is 0.629. The molecule has 0 spiro atoms. The van der Waals surface area contributed by atoms with E-state index in [0.29, 0.717) is 18.8 Å². The van der Waals surface area contributed by atoms with Gasteiger partial charge < -0.3 is 14.8 Å². The molecule has 39 heavy (non-hydrogen) atoms. The van der Waals surface area contributed by atoms with Gasteiger partial charge in [0.2, 0.25) is 0 Å². The standard InChI is InChI=1S/C35H55NO3/c1-4-6-8-10-11-12-13-14-15-16-17-21-29-38-32-22-19-20-23-33(32)39-34(24-18-9-7-5-2)35(37)36-31-27-25-30(3)26-28-31/h19-20,22-23,25-28,34H,4-18,21,24,29H2,1-3H3,(H,36,37). The van der Waals surface area contributed by atoms with Gasteiger partial charge in [-0.2, -0.15) is 0 Å². The molecule has 1 amide bonds. The molecule has 2 aromatic rings. The summed E-state index contributed by atoms with van der Waals surface area (Å²) in [5, 5.41) is 3.04. The van der Waals surface area contributed by atoms with E-state index in [0.717, 1.165) is 37.1 Å². The summed E-state index contributed by atoms with van der Waals surface area (Å²) in [5.41, 5.74) is 1.96. The predicted octanol–water partition coefficient (Wildman–Crippen LogP) is 10.4. The molecule has 218 valence electrons. The van der Waals surface area contributed by atoms with Gasteiger partial charge in [0, 0.05) is 5.69 Å². The van der Waals surface area contributed by atoms with Crippen molar-refractivity contribution < 1.29 is 14.3 Å². The van der Waals surface area contributed by atoms with Crippen LogP contribution in [-0.4, -0.2) is 18.6 Å². The number of hydrogen-bond acceptors (Lipinski definition) is 3. The van der Waals surface area contributed by atoms with Gasteiger partial charge in [0.1, 0.15) is 0 Å². The molecule has 0 radical (unpaired) electrons. The maximum absolute atomic E-state index is 13.2. The largest absolute Gasteiger partial charge is 0.490 e. The molecule has 0 aromatic heterocycles. The zero-order valence-electron chi connectivity index (χ0n) is 25.1. The van der Waals surface area contributed by atoms with Gasteiger partial charge in [-0.05, 0) is 50.5 Å². The number of carbonyl (C=O) groups is 1. The molecule has 0 saturated heterocycles. The topological polar surface area (TPSA) is 47.6 Å².